The highest BCUT2D eigenvalue weighted by atomic mass is 127. The van der Waals surface area contributed by atoms with Crippen LogP contribution in [-0.2, 0) is 27.9 Å². The summed E-state index contributed by atoms with van der Waals surface area (Å²) in [5.74, 6) is 2.59. The Labute approximate surface area is 202 Å². The number of nitrogens with zero attached hydrogens (tertiary/aromatic N) is 6. The van der Waals surface area contributed by atoms with E-state index in [9.17, 15) is 4.79 Å². The zero-order chi connectivity index (χ0) is 21.8. The van der Waals surface area contributed by atoms with Crippen molar-refractivity contribution in [3.05, 3.63) is 11.6 Å². The fourth-order valence-corrected chi connectivity index (χ4v) is 3.09. The number of aromatic nitrogens is 3. The molecule has 11 nitrogen and oxygen atoms in total. The van der Waals surface area contributed by atoms with Gasteiger partial charge in [0, 0.05) is 67.1 Å². The van der Waals surface area contributed by atoms with Gasteiger partial charge in [-0.05, 0) is 13.3 Å². The minimum Gasteiger partial charge on any atom is -0.385 e. The molecule has 2 N–H and O–H groups in total. The number of amides is 1. The van der Waals surface area contributed by atoms with Crippen LogP contribution in [0.3, 0.4) is 0 Å². The van der Waals surface area contributed by atoms with Gasteiger partial charge in [-0.25, -0.2) is 4.99 Å². The largest absolute Gasteiger partial charge is 0.385 e. The molecular weight excluding hydrogens is 515 g/mol. The number of hydrogen-bond donors (Lipinski definition) is 2. The van der Waals surface area contributed by atoms with Crippen molar-refractivity contribution in [2.45, 2.75) is 19.9 Å². The summed E-state index contributed by atoms with van der Waals surface area (Å²) in [4.78, 5) is 21.2. The van der Waals surface area contributed by atoms with Crippen LogP contribution in [0, 0.1) is 6.92 Å². The zero-order valence-electron chi connectivity index (χ0n) is 19.1. The van der Waals surface area contributed by atoms with Crippen LogP contribution in [0.2, 0.25) is 0 Å². The number of piperazine rings is 1. The predicted molar refractivity (Wildman–Crippen MR) is 130 cm³/mol. The van der Waals surface area contributed by atoms with Crippen molar-refractivity contribution in [1.29, 1.82) is 0 Å². The van der Waals surface area contributed by atoms with Crippen molar-refractivity contribution >= 4 is 35.8 Å². The number of rotatable bonds is 11. The van der Waals surface area contributed by atoms with Crippen LogP contribution in [0.15, 0.2) is 4.99 Å². The molecule has 31 heavy (non-hydrogen) atoms. The molecule has 0 aliphatic carbocycles. The molecule has 1 saturated heterocycles. The topological polar surface area (TPSA) is 109 Å². The monoisotopic (exact) mass is 552 g/mol. The lowest BCUT2D eigenvalue weighted by Gasteiger charge is -2.36. The summed E-state index contributed by atoms with van der Waals surface area (Å²) < 4.78 is 12.0. The van der Waals surface area contributed by atoms with Crippen LogP contribution < -0.4 is 10.6 Å². The van der Waals surface area contributed by atoms with Crippen molar-refractivity contribution in [3.63, 3.8) is 0 Å². The second-order valence-electron chi connectivity index (χ2n) is 7.24. The van der Waals surface area contributed by atoms with Gasteiger partial charge in [-0.1, -0.05) is 0 Å². The first-order valence-corrected chi connectivity index (χ1v) is 10.4. The molecule has 0 aromatic carbocycles. The second kappa shape index (κ2) is 15.3. The quantitative estimate of drug-likeness (QED) is 0.165. The summed E-state index contributed by atoms with van der Waals surface area (Å²) in [6, 6.07) is 0. The molecule has 12 heteroatoms. The molecule has 178 valence electrons. The van der Waals surface area contributed by atoms with Crippen molar-refractivity contribution in [1.82, 2.24) is 35.2 Å². The van der Waals surface area contributed by atoms with Gasteiger partial charge >= 0.3 is 0 Å². The molecule has 0 unspecified atom stereocenters. The van der Waals surface area contributed by atoms with Crippen molar-refractivity contribution in [2.75, 3.05) is 73.2 Å². The number of carbonyl (C=O) groups is 1. The molecule has 0 bridgehead atoms. The number of nitrogens with one attached hydrogen (secondary N) is 2. The van der Waals surface area contributed by atoms with E-state index in [-0.39, 0.29) is 29.9 Å². The summed E-state index contributed by atoms with van der Waals surface area (Å²) in [5.41, 5.74) is 0. The first-order chi connectivity index (χ1) is 14.5. The molecule has 1 aromatic heterocycles. The fraction of sp³-hybridized carbons (Fsp3) is 0.789. The van der Waals surface area contributed by atoms with Crippen molar-refractivity contribution in [2.24, 2.45) is 12.0 Å². The first-order valence-electron chi connectivity index (χ1n) is 10.4. The average molecular weight is 552 g/mol. The Bertz CT molecular complexity index is 677. The molecule has 0 atom stereocenters. The molecule has 0 spiro atoms. The van der Waals surface area contributed by atoms with Gasteiger partial charge < -0.3 is 29.6 Å². The maximum Gasteiger partial charge on any atom is 0.234 e. The van der Waals surface area contributed by atoms with Gasteiger partial charge in [-0.2, -0.15) is 0 Å². The van der Waals surface area contributed by atoms with Gasteiger partial charge in [0.05, 0.1) is 13.2 Å². The van der Waals surface area contributed by atoms with E-state index in [0.29, 0.717) is 32.8 Å². The van der Waals surface area contributed by atoms with Gasteiger partial charge in [0.2, 0.25) is 5.91 Å². The average Bonchev–Trinajstić information content (AvgIpc) is 3.06. The molecule has 1 fully saturated rings. The van der Waals surface area contributed by atoms with Crippen LogP contribution in [0.1, 0.15) is 18.1 Å². The molecule has 1 aromatic rings. The summed E-state index contributed by atoms with van der Waals surface area (Å²) in [6.07, 6.45) is 0.903. The summed E-state index contributed by atoms with van der Waals surface area (Å²) >= 11 is 0. The summed E-state index contributed by atoms with van der Waals surface area (Å²) in [6.45, 7) is 8.57. The number of aryl methyl sites for hydroxylation is 1. The smallest absolute Gasteiger partial charge is 0.234 e. The minimum atomic E-state index is 0. The van der Waals surface area contributed by atoms with Gasteiger partial charge in [0.1, 0.15) is 12.4 Å². The predicted octanol–water partition coefficient (Wildman–Crippen LogP) is -0.396. The summed E-state index contributed by atoms with van der Waals surface area (Å²) in [7, 11) is 5.28. The van der Waals surface area contributed by atoms with E-state index in [1.54, 1.807) is 14.2 Å². The van der Waals surface area contributed by atoms with Gasteiger partial charge in [0.25, 0.3) is 0 Å². The Balaban J connectivity index is 0.00000480. The van der Waals surface area contributed by atoms with Crippen LogP contribution in [0.4, 0.5) is 0 Å². The summed E-state index contributed by atoms with van der Waals surface area (Å²) in [5, 5.41) is 14.6. The Morgan fingerprint density at radius 2 is 1.77 bits per heavy atom. The highest BCUT2D eigenvalue weighted by Crippen LogP contribution is 2.05. The van der Waals surface area contributed by atoms with Crippen molar-refractivity contribution < 1.29 is 14.3 Å². The molecule has 0 radical (unpaired) electrons. The lowest BCUT2D eigenvalue weighted by atomic mass is 10.3. The Kier molecular flexibility index (Phi) is 13.6. The van der Waals surface area contributed by atoms with Crippen LogP contribution in [-0.4, -0.2) is 110 Å². The Morgan fingerprint density at radius 1 is 1.06 bits per heavy atom. The third-order valence-corrected chi connectivity index (χ3v) is 5.03. The fourth-order valence-electron chi connectivity index (χ4n) is 3.09. The molecule has 1 aliphatic heterocycles. The number of halogens is 1. The van der Waals surface area contributed by atoms with E-state index in [1.165, 1.54) is 0 Å². The van der Waals surface area contributed by atoms with E-state index in [2.05, 4.69) is 30.6 Å². The molecule has 1 aliphatic rings. The highest BCUT2D eigenvalue weighted by Gasteiger charge is 2.21. The third kappa shape index (κ3) is 9.66. The van der Waals surface area contributed by atoms with Crippen LogP contribution in [0.5, 0.6) is 0 Å². The maximum absolute atomic E-state index is 12.0. The van der Waals surface area contributed by atoms with Crippen LogP contribution in [0.25, 0.3) is 0 Å². The lowest BCUT2D eigenvalue weighted by Crippen LogP contribution is -2.54. The van der Waals surface area contributed by atoms with E-state index in [0.717, 1.165) is 56.8 Å². The minimum absolute atomic E-state index is 0. The van der Waals surface area contributed by atoms with Crippen LogP contribution >= 0.6 is 24.0 Å². The molecule has 1 amide bonds. The van der Waals surface area contributed by atoms with E-state index in [4.69, 9.17) is 14.5 Å². The molecular formula is C19H37IN8O3. The van der Waals surface area contributed by atoms with Gasteiger partial charge in [0.15, 0.2) is 11.8 Å². The first kappa shape index (κ1) is 27.5. The Hall–Kier alpha value is -1.51. The van der Waals surface area contributed by atoms with Gasteiger partial charge in [-0.15, -0.1) is 34.2 Å². The SMILES string of the molecule is COCCCNC(=NCc1nnc(C)n1C)N1CCN(CC(=O)NCCOC)CC1.I. The number of hydrogen-bond acceptors (Lipinski definition) is 7. The number of ether oxygens (including phenoxy) is 2. The van der Waals surface area contributed by atoms with Gasteiger partial charge in [-0.3, -0.25) is 9.69 Å². The molecule has 2 rings (SSSR count). The lowest BCUT2D eigenvalue weighted by molar-refractivity contribution is -0.122. The van der Waals surface area contributed by atoms with E-state index >= 15 is 0 Å². The second-order valence-corrected chi connectivity index (χ2v) is 7.24. The Morgan fingerprint density at radius 3 is 2.39 bits per heavy atom. The van der Waals surface area contributed by atoms with E-state index in [1.807, 2.05) is 18.5 Å². The molecule has 0 saturated carbocycles. The maximum atomic E-state index is 12.0. The number of carbonyl (C=O) groups excluding carboxylic acids is 1. The molecule has 2 heterocycles. The number of guanidine groups is 1. The normalized spacial score (nSPS) is 15.0. The zero-order valence-corrected chi connectivity index (χ0v) is 21.4. The highest BCUT2D eigenvalue weighted by molar-refractivity contribution is 14.0. The number of methoxy groups -OCH3 is 2. The third-order valence-electron chi connectivity index (χ3n) is 5.03. The van der Waals surface area contributed by atoms with E-state index < -0.39 is 0 Å². The van der Waals surface area contributed by atoms with Crippen molar-refractivity contribution in [3.8, 4) is 0 Å². The standard InChI is InChI=1S/C19H36N8O3.HI/c1-16-23-24-17(25(16)2)14-22-19(21-6-5-12-29-3)27-10-8-26(9-11-27)15-18(28)20-7-13-30-4;/h5-15H2,1-4H3,(H,20,28)(H,21,22);1H. The number of aliphatic imine (C=N–C) groups is 1.